The standard InChI is InChI=1S/C13H12N4O2S/c1-2-19-12(18)10-11(14)17-9(7-20-13(17)16-10)8-3-5-15-6-4-8/h3-7H,2,14H2,1H3. The van der Waals surface area contributed by atoms with Crippen LogP contribution in [-0.4, -0.2) is 26.9 Å². The summed E-state index contributed by atoms with van der Waals surface area (Å²) in [5.74, 6) is -0.201. The molecule has 0 unspecified atom stereocenters. The predicted octanol–water partition coefficient (Wildman–Crippen LogP) is 2.22. The first-order valence-electron chi connectivity index (χ1n) is 6.05. The Morgan fingerprint density at radius 2 is 2.20 bits per heavy atom. The minimum atomic E-state index is -0.499. The fraction of sp³-hybridized carbons (Fsp3) is 0.154. The lowest BCUT2D eigenvalue weighted by Crippen LogP contribution is -2.08. The van der Waals surface area contributed by atoms with E-state index in [0.29, 0.717) is 17.4 Å². The number of esters is 1. The van der Waals surface area contributed by atoms with E-state index in [2.05, 4.69) is 9.97 Å². The molecule has 0 bridgehead atoms. The molecule has 0 saturated heterocycles. The lowest BCUT2D eigenvalue weighted by Gasteiger charge is -2.02. The fourth-order valence-corrected chi connectivity index (χ4v) is 2.86. The topological polar surface area (TPSA) is 82.5 Å². The fourth-order valence-electron chi connectivity index (χ4n) is 1.95. The summed E-state index contributed by atoms with van der Waals surface area (Å²) in [5.41, 5.74) is 8.05. The van der Waals surface area contributed by atoms with Gasteiger partial charge >= 0.3 is 5.97 Å². The van der Waals surface area contributed by atoms with Gasteiger partial charge in [-0.25, -0.2) is 9.78 Å². The largest absolute Gasteiger partial charge is 0.461 e. The summed E-state index contributed by atoms with van der Waals surface area (Å²) in [4.78, 5) is 20.7. The molecule has 6 nitrogen and oxygen atoms in total. The van der Waals surface area contributed by atoms with E-state index in [1.807, 2.05) is 17.5 Å². The van der Waals surface area contributed by atoms with E-state index < -0.39 is 5.97 Å². The number of imidazole rings is 1. The van der Waals surface area contributed by atoms with Crippen LogP contribution in [0, 0.1) is 0 Å². The van der Waals surface area contributed by atoms with E-state index in [9.17, 15) is 4.79 Å². The second-order valence-corrected chi connectivity index (χ2v) is 4.88. The third-order valence-electron chi connectivity index (χ3n) is 2.84. The number of rotatable bonds is 3. The molecule has 0 aromatic carbocycles. The first-order chi connectivity index (χ1) is 9.72. The van der Waals surface area contributed by atoms with Gasteiger partial charge in [-0.2, -0.15) is 0 Å². The average molecular weight is 288 g/mol. The van der Waals surface area contributed by atoms with E-state index in [4.69, 9.17) is 10.5 Å². The quantitative estimate of drug-likeness (QED) is 0.747. The molecular weight excluding hydrogens is 276 g/mol. The summed E-state index contributed by atoms with van der Waals surface area (Å²) in [6.07, 6.45) is 3.41. The van der Waals surface area contributed by atoms with Gasteiger partial charge in [0.1, 0.15) is 5.82 Å². The molecule has 0 atom stereocenters. The van der Waals surface area contributed by atoms with E-state index in [1.54, 1.807) is 23.7 Å². The Morgan fingerprint density at radius 3 is 2.90 bits per heavy atom. The number of carbonyl (C=O) groups is 1. The number of aromatic nitrogens is 3. The highest BCUT2D eigenvalue weighted by Gasteiger charge is 2.21. The zero-order chi connectivity index (χ0) is 14.1. The van der Waals surface area contributed by atoms with Gasteiger partial charge < -0.3 is 10.5 Å². The number of carbonyl (C=O) groups excluding carboxylic acids is 1. The number of hydrogen-bond acceptors (Lipinski definition) is 6. The van der Waals surface area contributed by atoms with Crippen molar-refractivity contribution in [1.29, 1.82) is 0 Å². The molecular formula is C13H12N4O2S. The molecule has 102 valence electrons. The van der Waals surface area contributed by atoms with E-state index in [-0.39, 0.29) is 5.69 Å². The molecule has 7 heteroatoms. The Balaban J connectivity index is 2.15. The molecule has 0 saturated carbocycles. The van der Waals surface area contributed by atoms with Gasteiger partial charge in [0.25, 0.3) is 0 Å². The van der Waals surface area contributed by atoms with Crippen LogP contribution in [0.2, 0.25) is 0 Å². The number of ether oxygens (including phenoxy) is 1. The van der Waals surface area contributed by atoms with Crippen molar-refractivity contribution in [3.63, 3.8) is 0 Å². The van der Waals surface area contributed by atoms with Crippen LogP contribution >= 0.6 is 11.3 Å². The highest BCUT2D eigenvalue weighted by molar-refractivity contribution is 7.15. The number of thiazole rings is 1. The summed E-state index contributed by atoms with van der Waals surface area (Å²) in [6.45, 7) is 2.04. The van der Waals surface area contributed by atoms with Gasteiger partial charge in [-0.3, -0.25) is 9.38 Å². The van der Waals surface area contributed by atoms with Crippen molar-refractivity contribution in [2.45, 2.75) is 6.92 Å². The number of fused-ring (bicyclic) bond motifs is 1. The molecule has 0 amide bonds. The third-order valence-corrected chi connectivity index (χ3v) is 3.67. The van der Waals surface area contributed by atoms with Crippen LogP contribution in [0.1, 0.15) is 17.4 Å². The SMILES string of the molecule is CCOC(=O)c1nc2scc(-c3ccncc3)n2c1N. The molecule has 2 N–H and O–H groups in total. The van der Waals surface area contributed by atoms with Gasteiger partial charge in [0.05, 0.1) is 12.3 Å². The Labute approximate surface area is 118 Å². The monoisotopic (exact) mass is 288 g/mol. The molecule has 0 aliphatic rings. The van der Waals surface area contributed by atoms with Crippen molar-refractivity contribution >= 4 is 28.1 Å². The van der Waals surface area contributed by atoms with Crippen LogP contribution in [0.25, 0.3) is 16.2 Å². The van der Waals surface area contributed by atoms with Gasteiger partial charge in [-0.1, -0.05) is 0 Å². The van der Waals surface area contributed by atoms with E-state index >= 15 is 0 Å². The highest BCUT2D eigenvalue weighted by atomic mass is 32.1. The maximum absolute atomic E-state index is 11.8. The second-order valence-electron chi connectivity index (χ2n) is 4.04. The average Bonchev–Trinajstić information content (AvgIpc) is 3.01. The Bertz CT molecular complexity index is 763. The highest BCUT2D eigenvalue weighted by Crippen LogP contribution is 2.30. The lowest BCUT2D eigenvalue weighted by molar-refractivity contribution is 0.0521. The van der Waals surface area contributed by atoms with Crippen molar-refractivity contribution in [1.82, 2.24) is 14.4 Å². The van der Waals surface area contributed by atoms with E-state index in [1.165, 1.54) is 11.3 Å². The molecule has 0 spiro atoms. The van der Waals surface area contributed by atoms with Crippen molar-refractivity contribution in [2.24, 2.45) is 0 Å². The minimum absolute atomic E-state index is 0.161. The normalized spacial score (nSPS) is 10.8. The van der Waals surface area contributed by atoms with Crippen LogP contribution in [0.4, 0.5) is 5.82 Å². The van der Waals surface area contributed by atoms with Crippen LogP contribution in [0.15, 0.2) is 29.9 Å². The third kappa shape index (κ3) is 1.92. The maximum Gasteiger partial charge on any atom is 0.360 e. The van der Waals surface area contributed by atoms with Crippen LogP contribution in [0.5, 0.6) is 0 Å². The zero-order valence-electron chi connectivity index (χ0n) is 10.7. The van der Waals surface area contributed by atoms with Gasteiger partial charge in [-0.15, -0.1) is 11.3 Å². The maximum atomic E-state index is 11.8. The Morgan fingerprint density at radius 1 is 1.45 bits per heavy atom. The van der Waals surface area contributed by atoms with Crippen LogP contribution in [-0.2, 0) is 4.74 Å². The minimum Gasteiger partial charge on any atom is -0.461 e. The summed E-state index contributed by atoms with van der Waals surface area (Å²) in [6, 6.07) is 3.76. The number of nitrogens with zero attached hydrogens (tertiary/aromatic N) is 3. The van der Waals surface area contributed by atoms with Gasteiger partial charge in [0.15, 0.2) is 10.7 Å². The molecule has 0 aliphatic heterocycles. The predicted molar refractivity (Wildman–Crippen MR) is 76.7 cm³/mol. The van der Waals surface area contributed by atoms with Crippen molar-refractivity contribution in [2.75, 3.05) is 12.3 Å². The number of nitrogen functional groups attached to an aromatic ring is 1. The second kappa shape index (κ2) is 4.93. The summed E-state index contributed by atoms with van der Waals surface area (Å²) in [5, 5.41) is 1.95. The van der Waals surface area contributed by atoms with Gasteiger partial charge in [0.2, 0.25) is 0 Å². The van der Waals surface area contributed by atoms with Crippen LogP contribution < -0.4 is 5.73 Å². The molecule has 3 rings (SSSR count). The molecule has 0 radical (unpaired) electrons. The molecule has 20 heavy (non-hydrogen) atoms. The molecule has 0 fully saturated rings. The van der Waals surface area contributed by atoms with E-state index in [0.717, 1.165) is 11.3 Å². The molecule has 3 heterocycles. The number of pyridine rings is 1. The first-order valence-corrected chi connectivity index (χ1v) is 6.93. The number of hydrogen-bond donors (Lipinski definition) is 1. The summed E-state index contributed by atoms with van der Waals surface area (Å²) in [7, 11) is 0. The first kappa shape index (κ1) is 12.6. The number of anilines is 1. The van der Waals surface area contributed by atoms with Crippen molar-refractivity contribution in [3.8, 4) is 11.3 Å². The number of nitrogens with two attached hydrogens (primary N) is 1. The van der Waals surface area contributed by atoms with Crippen LogP contribution in [0.3, 0.4) is 0 Å². The Hall–Kier alpha value is -2.41. The molecule has 0 aliphatic carbocycles. The lowest BCUT2D eigenvalue weighted by atomic mass is 10.2. The zero-order valence-corrected chi connectivity index (χ0v) is 11.6. The summed E-state index contributed by atoms with van der Waals surface area (Å²) >= 11 is 1.42. The van der Waals surface area contributed by atoms with Crippen molar-refractivity contribution in [3.05, 3.63) is 35.6 Å². The molecule has 3 aromatic heterocycles. The smallest absolute Gasteiger partial charge is 0.360 e. The van der Waals surface area contributed by atoms with Gasteiger partial charge in [0, 0.05) is 23.3 Å². The van der Waals surface area contributed by atoms with Crippen molar-refractivity contribution < 1.29 is 9.53 Å². The summed E-state index contributed by atoms with van der Waals surface area (Å²) < 4.78 is 6.71. The Kier molecular flexibility index (Phi) is 3.11. The van der Waals surface area contributed by atoms with Gasteiger partial charge in [-0.05, 0) is 19.1 Å². The molecule has 3 aromatic rings.